The highest BCUT2D eigenvalue weighted by molar-refractivity contribution is 7.09. The van der Waals surface area contributed by atoms with Gasteiger partial charge in [0.1, 0.15) is 5.01 Å². The SMILES string of the molecule is CC(=O)N(C(C)C)C(C(=O)O)c1nccs1. The van der Waals surface area contributed by atoms with Crippen molar-refractivity contribution in [3.8, 4) is 0 Å². The van der Waals surface area contributed by atoms with Crippen molar-refractivity contribution in [3.63, 3.8) is 0 Å². The van der Waals surface area contributed by atoms with Crippen LogP contribution in [0.2, 0.25) is 0 Å². The Morgan fingerprint density at radius 1 is 1.50 bits per heavy atom. The van der Waals surface area contributed by atoms with Crippen LogP contribution in [0.15, 0.2) is 11.6 Å². The zero-order chi connectivity index (χ0) is 12.3. The quantitative estimate of drug-likeness (QED) is 0.869. The molecule has 1 heterocycles. The summed E-state index contributed by atoms with van der Waals surface area (Å²) in [5.41, 5.74) is 0. The number of rotatable bonds is 4. The summed E-state index contributed by atoms with van der Waals surface area (Å²) < 4.78 is 0. The number of amides is 1. The van der Waals surface area contributed by atoms with Crippen molar-refractivity contribution < 1.29 is 14.7 Å². The fourth-order valence-electron chi connectivity index (χ4n) is 1.56. The summed E-state index contributed by atoms with van der Waals surface area (Å²) in [5.74, 6) is -1.32. The molecule has 0 radical (unpaired) electrons. The second-order valence-electron chi connectivity index (χ2n) is 3.63. The molecule has 0 spiro atoms. The molecule has 0 aliphatic heterocycles. The maximum absolute atomic E-state index is 11.5. The zero-order valence-corrected chi connectivity index (χ0v) is 10.2. The highest BCUT2D eigenvalue weighted by Crippen LogP contribution is 2.25. The fraction of sp³-hybridized carbons (Fsp3) is 0.500. The van der Waals surface area contributed by atoms with Crippen molar-refractivity contribution in [2.45, 2.75) is 32.9 Å². The van der Waals surface area contributed by atoms with Crippen molar-refractivity contribution in [2.75, 3.05) is 0 Å². The lowest BCUT2D eigenvalue weighted by Crippen LogP contribution is -2.42. The molecule has 1 rings (SSSR count). The Bertz CT molecular complexity index is 375. The normalized spacial score (nSPS) is 12.5. The van der Waals surface area contributed by atoms with E-state index in [0.717, 1.165) is 0 Å². The van der Waals surface area contributed by atoms with E-state index in [1.807, 2.05) is 0 Å². The van der Waals surface area contributed by atoms with Crippen molar-refractivity contribution in [1.82, 2.24) is 9.88 Å². The number of nitrogens with zero attached hydrogens (tertiary/aromatic N) is 2. The van der Waals surface area contributed by atoms with E-state index < -0.39 is 12.0 Å². The van der Waals surface area contributed by atoms with Crippen LogP contribution < -0.4 is 0 Å². The Morgan fingerprint density at radius 2 is 2.12 bits per heavy atom. The van der Waals surface area contributed by atoms with Gasteiger partial charge in [0.25, 0.3) is 0 Å². The van der Waals surface area contributed by atoms with E-state index in [9.17, 15) is 14.7 Å². The van der Waals surface area contributed by atoms with Crippen LogP contribution in [-0.4, -0.2) is 32.9 Å². The molecule has 0 bridgehead atoms. The zero-order valence-electron chi connectivity index (χ0n) is 9.38. The fourth-order valence-corrected chi connectivity index (χ4v) is 2.28. The minimum atomic E-state index is -1.06. The van der Waals surface area contributed by atoms with Gasteiger partial charge >= 0.3 is 5.97 Å². The number of carboxylic acids is 1. The molecule has 1 N–H and O–H groups in total. The smallest absolute Gasteiger partial charge is 0.333 e. The lowest BCUT2D eigenvalue weighted by atomic mass is 10.2. The molecule has 0 saturated heterocycles. The molecular formula is C10H14N2O3S. The van der Waals surface area contributed by atoms with Gasteiger partial charge in [-0.25, -0.2) is 9.78 Å². The summed E-state index contributed by atoms with van der Waals surface area (Å²) >= 11 is 1.24. The molecular weight excluding hydrogens is 228 g/mol. The third kappa shape index (κ3) is 2.57. The molecule has 1 unspecified atom stereocenters. The average molecular weight is 242 g/mol. The Balaban J connectivity index is 3.10. The Labute approximate surface area is 97.7 Å². The van der Waals surface area contributed by atoms with Crippen molar-refractivity contribution in [2.24, 2.45) is 0 Å². The number of thiazole rings is 1. The van der Waals surface area contributed by atoms with E-state index in [4.69, 9.17) is 0 Å². The lowest BCUT2D eigenvalue weighted by molar-refractivity contribution is -0.151. The molecule has 16 heavy (non-hydrogen) atoms. The predicted molar refractivity (Wildman–Crippen MR) is 60.1 cm³/mol. The van der Waals surface area contributed by atoms with E-state index >= 15 is 0 Å². The number of aliphatic carboxylic acids is 1. The van der Waals surface area contributed by atoms with Crippen LogP contribution in [-0.2, 0) is 9.59 Å². The molecule has 0 aliphatic carbocycles. The van der Waals surface area contributed by atoms with Crippen molar-refractivity contribution >= 4 is 23.2 Å². The lowest BCUT2D eigenvalue weighted by Gasteiger charge is -2.30. The van der Waals surface area contributed by atoms with Crippen LogP contribution in [0.4, 0.5) is 0 Å². The van der Waals surface area contributed by atoms with Crippen molar-refractivity contribution in [1.29, 1.82) is 0 Å². The first-order valence-electron chi connectivity index (χ1n) is 4.86. The maximum atomic E-state index is 11.5. The second kappa shape index (κ2) is 5.07. The number of carboxylic acid groups (broad SMARTS) is 1. The minimum Gasteiger partial charge on any atom is -0.479 e. The first-order chi connectivity index (χ1) is 7.45. The molecule has 1 aromatic rings. The Kier molecular flexibility index (Phi) is 4.00. The Hall–Kier alpha value is -1.43. The van der Waals surface area contributed by atoms with Gasteiger partial charge in [-0.05, 0) is 13.8 Å². The van der Waals surface area contributed by atoms with Gasteiger partial charge in [-0.2, -0.15) is 0 Å². The van der Waals surface area contributed by atoms with E-state index in [2.05, 4.69) is 4.98 Å². The van der Waals surface area contributed by atoms with Crippen molar-refractivity contribution in [3.05, 3.63) is 16.6 Å². The molecule has 1 aromatic heterocycles. The first-order valence-corrected chi connectivity index (χ1v) is 5.74. The first kappa shape index (κ1) is 12.6. The van der Waals surface area contributed by atoms with Crippen LogP contribution in [0.25, 0.3) is 0 Å². The van der Waals surface area contributed by atoms with Gasteiger partial charge in [0.05, 0.1) is 0 Å². The molecule has 0 saturated carbocycles. The highest BCUT2D eigenvalue weighted by atomic mass is 32.1. The van der Waals surface area contributed by atoms with E-state index in [-0.39, 0.29) is 11.9 Å². The van der Waals surface area contributed by atoms with Gasteiger partial charge in [-0.15, -0.1) is 11.3 Å². The van der Waals surface area contributed by atoms with Gasteiger partial charge in [-0.1, -0.05) is 0 Å². The maximum Gasteiger partial charge on any atom is 0.333 e. The molecule has 1 atom stereocenters. The van der Waals surface area contributed by atoms with Gasteiger partial charge in [0.15, 0.2) is 6.04 Å². The summed E-state index contributed by atoms with van der Waals surface area (Å²) in [4.78, 5) is 28.0. The number of hydrogen-bond acceptors (Lipinski definition) is 4. The summed E-state index contributed by atoms with van der Waals surface area (Å²) in [6.45, 7) is 4.93. The third-order valence-corrected chi connectivity index (χ3v) is 2.95. The van der Waals surface area contributed by atoms with Gasteiger partial charge in [0, 0.05) is 24.5 Å². The summed E-state index contributed by atoms with van der Waals surface area (Å²) in [7, 11) is 0. The van der Waals surface area contributed by atoms with E-state index in [0.29, 0.717) is 5.01 Å². The molecule has 0 fully saturated rings. The summed E-state index contributed by atoms with van der Waals surface area (Å²) in [6, 6.07) is -1.17. The average Bonchev–Trinajstić information content (AvgIpc) is 2.64. The van der Waals surface area contributed by atoms with Crippen LogP contribution in [0.5, 0.6) is 0 Å². The molecule has 6 heteroatoms. The number of hydrogen-bond donors (Lipinski definition) is 1. The number of aromatic nitrogens is 1. The standard InChI is InChI=1S/C10H14N2O3S/c1-6(2)12(7(3)13)8(10(14)15)9-11-4-5-16-9/h4-6,8H,1-3H3,(H,14,15). The number of carbonyl (C=O) groups is 2. The van der Waals surface area contributed by atoms with Gasteiger partial charge < -0.3 is 10.0 Å². The molecule has 88 valence electrons. The predicted octanol–water partition coefficient (Wildman–Crippen LogP) is 1.53. The van der Waals surface area contributed by atoms with Gasteiger partial charge in [0.2, 0.25) is 5.91 Å². The minimum absolute atomic E-state index is 0.178. The van der Waals surface area contributed by atoms with Crippen LogP contribution in [0.1, 0.15) is 31.8 Å². The van der Waals surface area contributed by atoms with Gasteiger partial charge in [-0.3, -0.25) is 4.79 Å². The monoisotopic (exact) mass is 242 g/mol. The second-order valence-corrected chi connectivity index (χ2v) is 4.56. The number of carbonyl (C=O) groups excluding carboxylic acids is 1. The van der Waals surface area contributed by atoms with Crippen LogP contribution in [0.3, 0.4) is 0 Å². The molecule has 0 aromatic carbocycles. The van der Waals surface area contributed by atoms with Crippen LogP contribution >= 0.6 is 11.3 Å². The molecule has 0 aliphatic rings. The molecule has 5 nitrogen and oxygen atoms in total. The topological polar surface area (TPSA) is 70.5 Å². The highest BCUT2D eigenvalue weighted by Gasteiger charge is 2.33. The van der Waals surface area contributed by atoms with E-state index in [1.54, 1.807) is 19.2 Å². The largest absolute Gasteiger partial charge is 0.479 e. The Morgan fingerprint density at radius 3 is 2.44 bits per heavy atom. The van der Waals surface area contributed by atoms with E-state index in [1.165, 1.54) is 29.4 Å². The van der Waals surface area contributed by atoms with Crippen LogP contribution in [0, 0.1) is 0 Å². The summed E-state index contributed by atoms with van der Waals surface area (Å²) in [6.07, 6.45) is 1.54. The third-order valence-electron chi connectivity index (χ3n) is 2.12. The summed E-state index contributed by atoms with van der Waals surface area (Å²) in [5, 5.41) is 11.3. The molecule has 1 amide bonds.